The van der Waals surface area contributed by atoms with E-state index in [1.54, 1.807) is 24.3 Å². The van der Waals surface area contributed by atoms with Crippen LogP contribution in [0.15, 0.2) is 48.5 Å². The fraction of sp³-hybridized carbons (Fsp3) is 0.188. The Kier molecular flexibility index (Phi) is 6.39. The molecule has 8 heteroatoms. The molecule has 0 heterocycles. The number of nitrogens with zero attached hydrogens (tertiary/aromatic N) is 1. The van der Waals surface area contributed by atoms with Crippen molar-refractivity contribution in [2.45, 2.75) is 0 Å². The summed E-state index contributed by atoms with van der Waals surface area (Å²) in [5, 5.41) is 11.1. The third-order valence-electron chi connectivity index (χ3n) is 2.83. The smallest absolute Gasteiger partial charge is 0.344 e. The molecule has 7 nitrogen and oxygen atoms in total. The monoisotopic (exact) mass is 351 g/mol. The number of rotatable bonds is 8. The SMILES string of the molecule is O=C(COc1ccc([N+](=O)[O-])cc1)OCCOc1ccc(Cl)cc1. The molecule has 2 rings (SSSR count). The van der Waals surface area contributed by atoms with Crippen molar-refractivity contribution in [3.05, 3.63) is 63.7 Å². The highest BCUT2D eigenvalue weighted by Gasteiger charge is 2.07. The Labute approximate surface area is 142 Å². The lowest BCUT2D eigenvalue weighted by atomic mass is 10.3. The number of halogens is 1. The second kappa shape index (κ2) is 8.73. The van der Waals surface area contributed by atoms with Crippen molar-refractivity contribution in [2.75, 3.05) is 19.8 Å². The first kappa shape index (κ1) is 17.6. The van der Waals surface area contributed by atoms with Crippen molar-refractivity contribution < 1.29 is 23.9 Å². The first-order valence-corrected chi connectivity index (χ1v) is 7.33. The molecule has 0 spiro atoms. The molecule has 0 bridgehead atoms. The van der Waals surface area contributed by atoms with Crippen LogP contribution in [-0.4, -0.2) is 30.7 Å². The molecule has 2 aromatic rings. The van der Waals surface area contributed by atoms with Gasteiger partial charge < -0.3 is 14.2 Å². The van der Waals surface area contributed by atoms with Gasteiger partial charge in [0.15, 0.2) is 6.61 Å². The van der Waals surface area contributed by atoms with E-state index in [1.165, 1.54) is 24.3 Å². The summed E-state index contributed by atoms with van der Waals surface area (Å²) >= 11 is 5.75. The molecule has 126 valence electrons. The van der Waals surface area contributed by atoms with Crippen LogP contribution in [0.2, 0.25) is 5.02 Å². The topological polar surface area (TPSA) is 87.9 Å². The van der Waals surface area contributed by atoms with Gasteiger partial charge in [0.2, 0.25) is 0 Å². The van der Waals surface area contributed by atoms with Crippen LogP contribution in [-0.2, 0) is 9.53 Å². The summed E-state index contributed by atoms with van der Waals surface area (Å²) in [5.74, 6) is 0.403. The zero-order chi connectivity index (χ0) is 17.4. The maximum atomic E-state index is 11.5. The maximum Gasteiger partial charge on any atom is 0.344 e. The molecule has 0 aliphatic carbocycles. The molecule has 0 saturated heterocycles. The van der Waals surface area contributed by atoms with Gasteiger partial charge in [-0.3, -0.25) is 10.1 Å². The third-order valence-corrected chi connectivity index (χ3v) is 3.08. The summed E-state index contributed by atoms with van der Waals surface area (Å²) in [7, 11) is 0. The normalized spacial score (nSPS) is 10.0. The predicted molar refractivity (Wildman–Crippen MR) is 86.5 cm³/mol. The van der Waals surface area contributed by atoms with Crippen LogP contribution in [0.3, 0.4) is 0 Å². The molecule has 0 fully saturated rings. The zero-order valence-electron chi connectivity index (χ0n) is 12.5. The van der Waals surface area contributed by atoms with Crippen LogP contribution < -0.4 is 9.47 Å². The fourth-order valence-corrected chi connectivity index (χ4v) is 1.82. The molecule has 0 aliphatic rings. The molecule has 0 N–H and O–H groups in total. The van der Waals surface area contributed by atoms with E-state index < -0.39 is 10.9 Å². The number of hydrogen-bond acceptors (Lipinski definition) is 6. The molecule has 0 aliphatic heterocycles. The Morgan fingerprint density at radius 1 is 0.958 bits per heavy atom. The van der Waals surface area contributed by atoms with Crippen molar-refractivity contribution in [1.82, 2.24) is 0 Å². The van der Waals surface area contributed by atoms with Gasteiger partial charge in [-0.1, -0.05) is 11.6 Å². The van der Waals surface area contributed by atoms with Gasteiger partial charge in [-0.05, 0) is 36.4 Å². The van der Waals surface area contributed by atoms with Gasteiger partial charge in [-0.25, -0.2) is 4.79 Å². The lowest BCUT2D eigenvalue weighted by Crippen LogP contribution is -2.18. The standard InChI is InChI=1S/C16H14ClNO6/c17-12-1-5-14(6-2-12)22-9-10-23-16(19)11-24-15-7-3-13(4-8-15)18(20)21/h1-8H,9-11H2. The average molecular weight is 352 g/mol. The molecule has 0 saturated carbocycles. The number of hydrogen-bond donors (Lipinski definition) is 0. The van der Waals surface area contributed by atoms with E-state index in [4.69, 9.17) is 25.8 Å². The van der Waals surface area contributed by atoms with E-state index >= 15 is 0 Å². The fourth-order valence-electron chi connectivity index (χ4n) is 1.69. The quantitative estimate of drug-likeness (QED) is 0.314. The van der Waals surface area contributed by atoms with Crippen LogP contribution in [0, 0.1) is 10.1 Å². The Morgan fingerprint density at radius 3 is 2.17 bits per heavy atom. The highest BCUT2D eigenvalue weighted by atomic mass is 35.5. The van der Waals surface area contributed by atoms with Crippen molar-refractivity contribution in [3.63, 3.8) is 0 Å². The van der Waals surface area contributed by atoms with Crippen molar-refractivity contribution in [2.24, 2.45) is 0 Å². The Morgan fingerprint density at radius 2 is 1.54 bits per heavy atom. The molecule has 2 aromatic carbocycles. The molecule has 0 atom stereocenters. The van der Waals surface area contributed by atoms with E-state index in [0.29, 0.717) is 16.5 Å². The van der Waals surface area contributed by atoms with Crippen LogP contribution in [0.25, 0.3) is 0 Å². The van der Waals surface area contributed by atoms with Gasteiger partial charge in [0, 0.05) is 17.2 Å². The highest BCUT2D eigenvalue weighted by Crippen LogP contribution is 2.17. The van der Waals surface area contributed by atoms with Gasteiger partial charge in [0.1, 0.15) is 24.7 Å². The van der Waals surface area contributed by atoms with Crippen molar-refractivity contribution >= 4 is 23.3 Å². The van der Waals surface area contributed by atoms with Gasteiger partial charge in [0.25, 0.3) is 5.69 Å². The summed E-state index contributed by atoms with van der Waals surface area (Å²) in [4.78, 5) is 21.5. The number of carbonyl (C=O) groups excluding carboxylic acids is 1. The Bertz CT molecular complexity index is 687. The molecule has 0 radical (unpaired) electrons. The average Bonchev–Trinajstić information content (AvgIpc) is 2.59. The Balaban J connectivity index is 1.64. The number of esters is 1. The minimum atomic E-state index is -0.562. The molecule has 0 unspecified atom stereocenters. The van der Waals surface area contributed by atoms with Gasteiger partial charge >= 0.3 is 5.97 Å². The first-order chi connectivity index (χ1) is 11.5. The van der Waals surface area contributed by atoms with Gasteiger partial charge in [-0.2, -0.15) is 0 Å². The van der Waals surface area contributed by atoms with E-state index in [-0.39, 0.29) is 25.5 Å². The largest absolute Gasteiger partial charge is 0.490 e. The summed E-state index contributed by atoms with van der Waals surface area (Å²) < 4.78 is 15.5. The van der Waals surface area contributed by atoms with Crippen LogP contribution in [0.4, 0.5) is 5.69 Å². The van der Waals surface area contributed by atoms with E-state index in [1.807, 2.05) is 0 Å². The second-order valence-electron chi connectivity index (χ2n) is 4.56. The summed E-state index contributed by atoms with van der Waals surface area (Å²) in [6.45, 7) is -0.0191. The minimum absolute atomic E-state index is 0.0516. The molecular formula is C16H14ClNO6. The molecule has 0 amide bonds. The number of non-ortho nitro benzene ring substituents is 1. The van der Waals surface area contributed by atoms with E-state index in [0.717, 1.165) is 0 Å². The zero-order valence-corrected chi connectivity index (χ0v) is 13.3. The lowest BCUT2D eigenvalue weighted by molar-refractivity contribution is -0.384. The van der Waals surface area contributed by atoms with E-state index in [2.05, 4.69) is 0 Å². The maximum absolute atomic E-state index is 11.5. The summed E-state index contributed by atoms with van der Waals surface area (Å²) in [6.07, 6.45) is 0. The third kappa shape index (κ3) is 5.77. The first-order valence-electron chi connectivity index (χ1n) is 6.96. The summed E-state index contributed by atoms with van der Waals surface area (Å²) in [6, 6.07) is 12.2. The summed E-state index contributed by atoms with van der Waals surface area (Å²) in [5.41, 5.74) is -0.0516. The van der Waals surface area contributed by atoms with Crippen LogP contribution in [0.5, 0.6) is 11.5 Å². The number of ether oxygens (including phenoxy) is 3. The van der Waals surface area contributed by atoms with Crippen LogP contribution in [0.1, 0.15) is 0 Å². The number of nitro benzene ring substituents is 1. The van der Waals surface area contributed by atoms with Crippen molar-refractivity contribution in [1.29, 1.82) is 0 Å². The van der Waals surface area contributed by atoms with Gasteiger partial charge in [-0.15, -0.1) is 0 Å². The van der Waals surface area contributed by atoms with Crippen LogP contribution >= 0.6 is 11.6 Å². The minimum Gasteiger partial charge on any atom is -0.490 e. The number of nitro groups is 1. The lowest BCUT2D eigenvalue weighted by Gasteiger charge is -2.08. The Hall–Kier alpha value is -2.80. The molecule has 0 aromatic heterocycles. The second-order valence-corrected chi connectivity index (χ2v) is 5.00. The van der Waals surface area contributed by atoms with Gasteiger partial charge in [0.05, 0.1) is 4.92 Å². The predicted octanol–water partition coefficient (Wildman–Crippen LogP) is 3.25. The molecular weight excluding hydrogens is 338 g/mol. The number of benzene rings is 2. The number of carbonyl (C=O) groups is 1. The highest BCUT2D eigenvalue weighted by molar-refractivity contribution is 6.30. The molecule has 24 heavy (non-hydrogen) atoms. The van der Waals surface area contributed by atoms with E-state index in [9.17, 15) is 14.9 Å². The van der Waals surface area contributed by atoms with Crippen molar-refractivity contribution in [3.8, 4) is 11.5 Å².